The summed E-state index contributed by atoms with van der Waals surface area (Å²) < 4.78 is 1.69. The summed E-state index contributed by atoms with van der Waals surface area (Å²) in [6.07, 6.45) is 2.71. The van der Waals surface area contributed by atoms with Gasteiger partial charge in [0.15, 0.2) is 0 Å². The molecule has 3 nitrogen and oxygen atoms in total. The lowest BCUT2D eigenvalue weighted by atomic mass is 10.1. The van der Waals surface area contributed by atoms with E-state index in [2.05, 4.69) is 18.1 Å². The lowest BCUT2D eigenvalue weighted by Gasteiger charge is -2.06. The van der Waals surface area contributed by atoms with Gasteiger partial charge in [-0.3, -0.25) is 0 Å². The number of benzene rings is 1. The fraction of sp³-hybridized carbons (Fsp3) is 0.182. The van der Waals surface area contributed by atoms with Crippen LogP contribution in [-0.4, -0.2) is 14.9 Å². The maximum absolute atomic E-state index is 9.15. The van der Waals surface area contributed by atoms with Crippen LogP contribution in [0.5, 0.6) is 5.88 Å². The standard InChI is InChI=1S/C11H12N2O/c1-2-9-5-3-4-6-10(9)13-8-7-11(14)12-13/h3-8H,2H2,1H3,(H,12,14). The Morgan fingerprint density at radius 1 is 1.29 bits per heavy atom. The number of aromatic nitrogens is 2. The number of hydrogen-bond acceptors (Lipinski definition) is 2. The van der Waals surface area contributed by atoms with Crippen LogP contribution in [0.15, 0.2) is 36.5 Å². The summed E-state index contributed by atoms with van der Waals surface area (Å²) in [6, 6.07) is 9.60. The largest absolute Gasteiger partial charge is 0.492 e. The van der Waals surface area contributed by atoms with Gasteiger partial charge in [0, 0.05) is 12.3 Å². The van der Waals surface area contributed by atoms with Gasteiger partial charge in [-0.1, -0.05) is 25.1 Å². The fourth-order valence-corrected chi connectivity index (χ4v) is 1.48. The van der Waals surface area contributed by atoms with Crippen LogP contribution in [0, 0.1) is 0 Å². The number of rotatable bonds is 2. The van der Waals surface area contributed by atoms with Crippen molar-refractivity contribution >= 4 is 0 Å². The molecule has 0 bridgehead atoms. The molecular formula is C11H12N2O. The van der Waals surface area contributed by atoms with Crippen molar-refractivity contribution in [1.82, 2.24) is 9.78 Å². The quantitative estimate of drug-likeness (QED) is 0.784. The number of aryl methyl sites for hydroxylation is 1. The van der Waals surface area contributed by atoms with Gasteiger partial charge in [-0.2, -0.15) is 0 Å². The molecule has 1 heterocycles. The van der Waals surface area contributed by atoms with Crippen molar-refractivity contribution in [2.75, 3.05) is 0 Å². The number of nitrogens with zero attached hydrogens (tertiary/aromatic N) is 2. The first-order valence-corrected chi connectivity index (χ1v) is 4.64. The maximum atomic E-state index is 9.15. The number of hydrogen-bond donors (Lipinski definition) is 1. The highest BCUT2D eigenvalue weighted by molar-refractivity contribution is 5.40. The normalized spacial score (nSPS) is 10.4. The summed E-state index contributed by atoms with van der Waals surface area (Å²) in [4.78, 5) is 0. The third-order valence-corrected chi connectivity index (χ3v) is 2.19. The van der Waals surface area contributed by atoms with Crippen LogP contribution in [0.3, 0.4) is 0 Å². The van der Waals surface area contributed by atoms with E-state index in [1.54, 1.807) is 16.9 Å². The summed E-state index contributed by atoms with van der Waals surface area (Å²) in [6.45, 7) is 2.10. The predicted octanol–water partition coefficient (Wildman–Crippen LogP) is 2.14. The van der Waals surface area contributed by atoms with Gasteiger partial charge in [0.05, 0.1) is 5.69 Å². The molecule has 0 aliphatic heterocycles. The van der Waals surface area contributed by atoms with Gasteiger partial charge in [0.1, 0.15) is 0 Å². The molecule has 0 saturated heterocycles. The summed E-state index contributed by atoms with van der Waals surface area (Å²) in [5.74, 6) is 0.0518. The Balaban J connectivity index is 2.50. The third-order valence-electron chi connectivity index (χ3n) is 2.19. The van der Waals surface area contributed by atoms with E-state index in [1.807, 2.05) is 18.2 Å². The molecule has 14 heavy (non-hydrogen) atoms. The smallest absolute Gasteiger partial charge is 0.230 e. The van der Waals surface area contributed by atoms with Gasteiger partial charge < -0.3 is 5.11 Å². The number of aromatic hydroxyl groups is 1. The Hall–Kier alpha value is -1.77. The molecule has 0 atom stereocenters. The lowest BCUT2D eigenvalue weighted by Crippen LogP contribution is -1.98. The van der Waals surface area contributed by atoms with Gasteiger partial charge in [-0.25, -0.2) is 4.68 Å². The molecule has 1 N–H and O–H groups in total. The molecular weight excluding hydrogens is 176 g/mol. The number of para-hydroxylation sites is 1. The predicted molar refractivity (Wildman–Crippen MR) is 54.6 cm³/mol. The summed E-state index contributed by atoms with van der Waals surface area (Å²) in [5.41, 5.74) is 2.24. The van der Waals surface area contributed by atoms with E-state index in [0.717, 1.165) is 12.1 Å². The molecule has 3 heteroatoms. The van der Waals surface area contributed by atoms with Gasteiger partial charge in [0.25, 0.3) is 0 Å². The van der Waals surface area contributed by atoms with Crippen LogP contribution < -0.4 is 0 Å². The lowest BCUT2D eigenvalue weighted by molar-refractivity contribution is 0.447. The third kappa shape index (κ3) is 1.48. The highest BCUT2D eigenvalue weighted by atomic mass is 16.3. The van der Waals surface area contributed by atoms with E-state index in [1.165, 1.54) is 5.56 Å². The minimum Gasteiger partial charge on any atom is -0.492 e. The second kappa shape index (κ2) is 3.54. The van der Waals surface area contributed by atoms with Crippen molar-refractivity contribution in [3.63, 3.8) is 0 Å². The Morgan fingerprint density at radius 2 is 2.07 bits per heavy atom. The van der Waals surface area contributed by atoms with Crippen LogP contribution in [0.4, 0.5) is 0 Å². The Labute approximate surface area is 82.6 Å². The average Bonchev–Trinajstić information content (AvgIpc) is 2.65. The highest BCUT2D eigenvalue weighted by Gasteiger charge is 2.03. The summed E-state index contributed by atoms with van der Waals surface area (Å²) >= 11 is 0. The first-order chi connectivity index (χ1) is 6.81. The van der Waals surface area contributed by atoms with Crippen LogP contribution >= 0.6 is 0 Å². The molecule has 0 fully saturated rings. The monoisotopic (exact) mass is 188 g/mol. The van der Waals surface area contributed by atoms with Gasteiger partial charge >= 0.3 is 0 Å². The first kappa shape index (κ1) is 8.81. The molecule has 0 radical (unpaired) electrons. The average molecular weight is 188 g/mol. The van der Waals surface area contributed by atoms with Crippen molar-refractivity contribution in [1.29, 1.82) is 0 Å². The molecule has 0 aliphatic rings. The minimum absolute atomic E-state index is 0.0518. The Kier molecular flexibility index (Phi) is 2.23. The fourth-order valence-electron chi connectivity index (χ4n) is 1.48. The van der Waals surface area contributed by atoms with E-state index in [4.69, 9.17) is 5.11 Å². The van der Waals surface area contributed by atoms with Crippen molar-refractivity contribution < 1.29 is 5.11 Å². The van der Waals surface area contributed by atoms with E-state index in [9.17, 15) is 0 Å². The maximum Gasteiger partial charge on any atom is 0.230 e. The van der Waals surface area contributed by atoms with Crippen molar-refractivity contribution in [2.45, 2.75) is 13.3 Å². The zero-order valence-electron chi connectivity index (χ0n) is 8.01. The van der Waals surface area contributed by atoms with Crippen molar-refractivity contribution in [2.24, 2.45) is 0 Å². The second-order valence-electron chi connectivity index (χ2n) is 3.10. The highest BCUT2D eigenvalue weighted by Crippen LogP contribution is 2.15. The second-order valence-corrected chi connectivity index (χ2v) is 3.10. The molecule has 0 spiro atoms. The van der Waals surface area contributed by atoms with E-state index in [0.29, 0.717) is 0 Å². The van der Waals surface area contributed by atoms with E-state index in [-0.39, 0.29) is 5.88 Å². The molecule has 1 aromatic carbocycles. The first-order valence-electron chi connectivity index (χ1n) is 4.64. The zero-order valence-corrected chi connectivity index (χ0v) is 8.01. The van der Waals surface area contributed by atoms with Crippen LogP contribution in [0.1, 0.15) is 12.5 Å². The van der Waals surface area contributed by atoms with Crippen LogP contribution in [0.2, 0.25) is 0 Å². The molecule has 2 rings (SSSR count). The van der Waals surface area contributed by atoms with Crippen molar-refractivity contribution in [3.05, 3.63) is 42.1 Å². The molecule has 0 unspecified atom stereocenters. The Morgan fingerprint density at radius 3 is 2.71 bits per heavy atom. The Bertz CT molecular complexity index is 434. The van der Waals surface area contributed by atoms with Gasteiger partial charge in [0.2, 0.25) is 5.88 Å². The van der Waals surface area contributed by atoms with Gasteiger partial charge in [-0.15, -0.1) is 5.10 Å². The van der Waals surface area contributed by atoms with E-state index >= 15 is 0 Å². The molecule has 0 saturated carbocycles. The van der Waals surface area contributed by atoms with Crippen molar-refractivity contribution in [3.8, 4) is 11.6 Å². The van der Waals surface area contributed by atoms with Crippen LogP contribution in [0.25, 0.3) is 5.69 Å². The van der Waals surface area contributed by atoms with E-state index < -0.39 is 0 Å². The summed E-state index contributed by atoms with van der Waals surface area (Å²) in [5, 5.41) is 13.1. The topological polar surface area (TPSA) is 38.0 Å². The molecule has 0 aliphatic carbocycles. The molecule has 0 amide bonds. The van der Waals surface area contributed by atoms with Crippen LogP contribution in [-0.2, 0) is 6.42 Å². The molecule has 2 aromatic rings. The summed E-state index contributed by atoms with van der Waals surface area (Å²) in [7, 11) is 0. The molecule has 72 valence electrons. The zero-order chi connectivity index (χ0) is 9.97. The molecule has 1 aromatic heterocycles. The van der Waals surface area contributed by atoms with Gasteiger partial charge in [-0.05, 0) is 18.1 Å². The SMILES string of the molecule is CCc1ccccc1-n1ccc(O)n1. The minimum atomic E-state index is 0.0518.